The highest BCUT2D eigenvalue weighted by atomic mass is 35.5. The number of nitrogens with one attached hydrogen (secondary N) is 1. The van der Waals surface area contributed by atoms with E-state index < -0.39 is 0 Å². The van der Waals surface area contributed by atoms with Crippen LogP contribution in [0, 0.1) is 18.8 Å². The SMILES string of the molecule is Cc1nsc(N2CCCN(C(=O)CC(C)C3CCCNC3)CC2)n1.Cl.Cl. The molecule has 1 aromatic heterocycles. The summed E-state index contributed by atoms with van der Waals surface area (Å²) in [5, 5.41) is 4.45. The van der Waals surface area contributed by atoms with Crippen molar-refractivity contribution < 1.29 is 4.79 Å². The molecule has 3 heterocycles. The summed E-state index contributed by atoms with van der Waals surface area (Å²) in [6, 6.07) is 0. The fraction of sp³-hybridized carbons (Fsp3) is 0.824. The zero-order chi connectivity index (χ0) is 16.9. The van der Waals surface area contributed by atoms with E-state index in [9.17, 15) is 4.79 Å². The number of hydrogen-bond donors (Lipinski definition) is 1. The molecule has 0 spiro atoms. The van der Waals surface area contributed by atoms with Crippen LogP contribution in [0.3, 0.4) is 0 Å². The summed E-state index contributed by atoms with van der Waals surface area (Å²) in [5.74, 6) is 2.27. The molecule has 2 fully saturated rings. The van der Waals surface area contributed by atoms with E-state index in [0.717, 1.165) is 56.6 Å². The second kappa shape index (κ2) is 11.3. The van der Waals surface area contributed by atoms with Crippen molar-refractivity contribution in [2.45, 2.75) is 39.5 Å². The molecule has 3 rings (SSSR count). The molecule has 9 heteroatoms. The maximum atomic E-state index is 12.7. The van der Waals surface area contributed by atoms with Crippen LogP contribution < -0.4 is 10.2 Å². The molecule has 2 atom stereocenters. The Morgan fingerprint density at radius 3 is 2.73 bits per heavy atom. The first kappa shape index (κ1) is 23.4. The lowest BCUT2D eigenvalue weighted by atomic mass is 9.85. The Kier molecular flexibility index (Phi) is 10.1. The lowest BCUT2D eigenvalue weighted by Crippen LogP contribution is -2.38. The van der Waals surface area contributed by atoms with Crippen LogP contribution in [0.25, 0.3) is 0 Å². The van der Waals surface area contributed by atoms with E-state index in [1.54, 1.807) is 0 Å². The number of rotatable bonds is 4. The van der Waals surface area contributed by atoms with Gasteiger partial charge in [-0.1, -0.05) is 6.92 Å². The Labute approximate surface area is 173 Å². The van der Waals surface area contributed by atoms with Gasteiger partial charge in [0, 0.05) is 44.1 Å². The van der Waals surface area contributed by atoms with E-state index in [1.165, 1.54) is 24.4 Å². The van der Waals surface area contributed by atoms with Gasteiger partial charge in [-0.3, -0.25) is 4.79 Å². The predicted molar refractivity (Wildman–Crippen MR) is 112 cm³/mol. The number of piperidine rings is 1. The first-order valence-electron chi connectivity index (χ1n) is 9.17. The topological polar surface area (TPSA) is 61.4 Å². The first-order chi connectivity index (χ1) is 11.6. The Morgan fingerprint density at radius 2 is 2.08 bits per heavy atom. The maximum Gasteiger partial charge on any atom is 0.222 e. The van der Waals surface area contributed by atoms with Crippen molar-refractivity contribution in [1.82, 2.24) is 19.6 Å². The number of nitrogens with zero attached hydrogens (tertiary/aromatic N) is 4. The van der Waals surface area contributed by atoms with Gasteiger partial charge in [-0.15, -0.1) is 24.8 Å². The molecule has 2 unspecified atom stereocenters. The Hall–Kier alpha value is -0.630. The van der Waals surface area contributed by atoms with Crippen molar-refractivity contribution >= 4 is 47.4 Å². The molecule has 26 heavy (non-hydrogen) atoms. The normalized spacial score (nSPS) is 22.0. The summed E-state index contributed by atoms with van der Waals surface area (Å²) >= 11 is 1.46. The van der Waals surface area contributed by atoms with E-state index in [-0.39, 0.29) is 24.8 Å². The third-order valence-corrected chi connectivity index (χ3v) is 6.14. The molecule has 1 aromatic rings. The molecule has 0 saturated carbocycles. The van der Waals surface area contributed by atoms with Gasteiger partial charge < -0.3 is 15.1 Å². The standard InChI is InChI=1S/C17H29N5OS.2ClH/c1-13(15-5-3-6-18-12-15)11-16(23)21-7-4-8-22(10-9-21)17-19-14(2)20-24-17;;/h13,15,18H,3-12H2,1-2H3;2*1H. The first-order valence-corrected chi connectivity index (χ1v) is 9.94. The Bertz CT molecular complexity index is 553. The van der Waals surface area contributed by atoms with Crippen molar-refractivity contribution in [2.24, 2.45) is 11.8 Å². The van der Waals surface area contributed by atoms with Gasteiger partial charge >= 0.3 is 0 Å². The van der Waals surface area contributed by atoms with Crippen LogP contribution in [0.5, 0.6) is 0 Å². The largest absolute Gasteiger partial charge is 0.345 e. The summed E-state index contributed by atoms with van der Waals surface area (Å²) < 4.78 is 4.27. The van der Waals surface area contributed by atoms with Gasteiger partial charge in [-0.05, 0) is 51.1 Å². The molecule has 150 valence electrons. The molecule has 6 nitrogen and oxygen atoms in total. The molecule has 0 aromatic carbocycles. The van der Waals surface area contributed by atoms with Gasteiger partial charge in [-0.25, -0.2) is 4.98 Å². The minimum Gasteiger partial charge on any atom is -0.345 e. The van der Waals surface area contributed by atoms with E-state index in [4.69, 9.17) is 0 Å². The molecular weight excluding hydrogens is 393 g/mol. The third kappa shape index (κ3) is 6.22. The molecule has 2 aliphatic rings. The number of carbonyl (C=O) groups excluding carboxylic acids is 1. The number of anilines is 1. The molecule has 0 radical (unpaired) electrons. The van der Waals surface area contributed by atoms with E-state index in [0.29, 0.717) is 24.2 Å². The fourth-order valence-electron chi connectivity index (χ4n) is 3.71. The number of carbonyl (C=O) groups is 1. The van der Waals surface area contributed by atoms with Gasteiger partial charge in [0.15, 0.2) is 0 Å². The Morgan fingerprint density at radius 1 is 1.27 bits per heavy atom. The number of aryl methyl sites for hydroxylation is 1. The summed E-state index contributed by atoms with van der Waals surface area (Å²) in [6.45, 7) is 9.85. The lowest BCUT2D eigenvalue weighted by molar-refractivity contribution is -0.132. The van der Waals surface area contributed by atoms with Gasteiger partial charge in [-0.2, -0.15) is 4.37 Å². The number of halogens is 2. The van der Waals surface area contributed by atoms with Crippen LogP contribution in [0.4, 0.5) is 5.13 Å². The predicted octanol–water partition coefficient (Wildman–Crippen LogP) is 2.75. The minimum atomic E-state index is 0. The van der Waals surface area contributed by atoms with Crippen molar-refractivity contribution in [2.75, 3.05) is 44.2 Å². The average Bonchev–Trinajstić information content (AvgIpc) is 2.88. The summed E-state index contributed by atoms with van der Waals surface area (Å²) in [7, 11) is 0. The van der Waals surface area contributed by atoms with Gasteiger partial charge in [0.1, 0.15) is 5.82 Å². The van der Waals surface area contributed by atoms with Crippen LogP contribution in [0.2, 0.25) is 0 Å². The van der Waals surface area contributed by atoms with E-state index in [2.05, 4.69) is 31.4 Å². The number of aromatic nitrogens is 2. The van der Waals surface area contributed by atoms with Gasteiger partial charge in [0.05, 0.1) is 0 Å². The van der Waals surface area contributed by atoms with Crippen LogP contribution in [0.1, 0.15) is 38.4 Å². The third-order valence-electron chi connectivity index (χ3n) is 5.27. The van der Waals surface area contributed by atoms with Crippen LogP contribution in [0.15, 0.2) is 0 Å². The van der Waals surface area contributed by atoms with Crippen molar-refractivity contribution in [3.63, 3.8) is 0 Å². The molecule has 1 N–H and O–H groups in total. The second-order valence-corrected chi connectivity index (χ2v) is 7.86. The minimum absolute atomic E-state index is 0. The van der Waals surface area contributed by atoms with Crippen LogP contribution in [-0.2, 0) is 4.79 Å². The molecule has 1 amide bonds. The van der Waals surface area contributed by atoms with Gasteiger partial charge in [0.2, 0.25) is 11.0 Å². The van der Waals surface area contributed by atoms with Crippen LogP contribution in [-0.4, -0.2) is 59.4 Å². The average molecular weight is 424 g/mol. The van der Waals surface area contributed by atoms with E-state index >= 15 is 0 Å². The van der Waals surface area contributed by atoms with Crippen LogP contribution >= 0.6 is 36.3 Å². The smallest absolute Gasteiger partial charge is 0.222 e. The van der Waals surface area contributed by atoms with Gasteiger partial charge in [0.25, 0.3) is 0 Å². The summed E-state index contributed by atoms with van der Waals surface area (Å²) in [6.07, 6.45) is 4.18. The monoisotopic (exact) mass is 423 g/mol. The van der Waals surface area contributed by atoms with E-state index in [1.807, 2.05) is 6.92 Å². The van der Waals surface area contributed by atoms with Crippen molar-refractivity contribution in [3.8, 4) is 0 Å². The Balaban J connectivity index is 0.00000169. The summed E-state index contributed by atoms with van der Waals surface area (Å²) in [4.78, 5) is 21.5. The maximum absolute atomic E-state index is 12.7. The molecule has 0 aliphatic carbocycles. The molecule has 0 bridgehead atoms. The number of amides is 1. The zero-order valence-electron chi connectivity index (χ0n) is 15.6. The highest BCUT2D eigenvalue weighted by Gasteiger charge is 2.26. The molecule has 2 aliphatic heterocycles. The lowest BCUT2D eigenvalue weighted by Gasteiger charge is -2.30. The number of hydrogen-bond acceptors (Lipinski definition) is 6. The second-order valence-electron chi connectivity index (χ2n) is 7.13. The quantitative estimate of drug-likeness (QED) is 0.806. The van der Waals surface area contributed by atoms with Crippen molar-refractivity contribution in [3.05, 3.63) is 5.82 Å². The molecular formula is C17H31Cl2N5OS. The fourth-order valence-corrected chi connectivity index (χ4v) is 4.43. The highest BCUT2D eigenvalue weighted by Crippen LogP contribution is 2.24. The highest BCUT2D eigenvalue weighted by molar-refractivity contribution is 7.09. The summed E-state index contributed by atoms with van der Waals surface area (Å²) in [5.41, 5.74) is 0. The zero-order valence-corrected chi connectivity index (χ0v) is 18.1. The van der Waals surface area contributed by atoms with Crippen molar-refractivity contribution in [1.29, 1.82) is 0 Å². The molecule has 2 saturated heterocycles.